The number of nitrogens with one attached hydrogen (secondary N) is 4. The van der Waals surface area contributed by atoms with E-state index < -0.39 is 167 Å². The Kier molecular flexibility index (Phi) is 34.8. The molecule has 0 aliphatic carbocycles. The first-order chi connectivity index (χ1) is 41.2. The van der Waals surface area contributed by atoms with Crippen LogP contribution in [0.1, 0.15) is 122 Å². The number of carbonyl (C=O) groups excluding carboxylic acids is 7. The van der Waals surface area contributed by atoms with Gasteiger partial charge in [-0.3, -0.25) is 33.7 Å². The molecular formula is C54H94N6O26. The number of rotatable bonds is 42. The Morgan fingerprint density at radius 1 is 0.453 bits per heavy atom. The van der Waals surface area contributed by atoms with Gasteiger partial charge in [0.1, 0.15) is 73.2 Å². The predicted octanol–water partition coefficient (Wildman–Crippen LogP) is -6.19. The molecule has 0 saturated carbocycles. The Labute approximate surface area is 498 Å². The van der Waals surface area contributed by atoms with Crippen LogP contribution in [-0.2, 0) is 66.8 Å². The van der Waals surface area contributed by atoms with Crippen molar-refractivity contribution in [3.63, 3.8) is 0 Å². The standard InChI is InChI=1S/C54H94N6O26/c61-29-33-42(70)45(73)48(76)52(83-33)80-24-21-56-37(65)27-59(28-38(66)57-22-25-81-53-49(77)46(74)43(71)34(30-62)84-53)32(51(79)58-23-26-82-54-50(78)47(75)44(72)35(31-63)85-54)15-13-14-20-55-36(64)16-11-9-7-5-3-1-2-4-6-8-10-12-17-41(69)86-60-39(67)18-19-40(60)68/h32-35,42-50,52-54,61-63,70-78H,1-31H2,(H,55,64)(H,56,65)(H,57,66)(H,58,79)/t32-,33+,34+,35+,42+,43+,44+,45-,46-,47-,48-,49-,50-,52-,53-,54-/m0/s1. The summed E-state index contributed by atoms with van der Waals surface area (Å²) in [4.78, 5) is 95.4. The number of nitrogens with zero attached hydrogens (tertiary/aromatic N) is 2. The third-order valence-corrected chi connectivity index (χ3v) is 15.0. The van der Waals surface area contributed by atoms with E-state index in [4.69, 9.17) is 33.3 Å². The van der Waals surface area contributed by atoms with Crippen LogP contribution < -0.4 is 21.3 Å². The molecule has 4 heterocycles. The Morgan fingerprint density at radius 2 is 0.814 bits per heavy atom. The Balaban J connectivity index is 1.27. The zero-order valence-electron chi connectivity index (χ0n) is 48.6. The zero-order chi connectivity index (χ0) is 63.1. The molecular weight excluding hydrogens is 1150 g/mol. The first-order valence-electron chi connectivity index (χ1n) is 29.9. The van der Waals surface area contributed by atoms with Gasteiger partial charge in [-0.2, -0.15) is 0 Å². The fourth-order valence-corrected chi connectivity index (χ4v) is 9.96. The van der Waals surface area contributed by atoms with Crippen LogP contribution in [0, 0.1) is 0 Å². The zero-order valence-corrected chi connectivity index (χ0v) is 48.6. The van der Waals surface area contributed by atoms with Gasteiger partial charge in [0, 0.05) is 51.9 Å². The molecule has 496 valence electrons. The average molecular weight is 1240 g/mol. The number of unbranched alkanes of at least 4 members (excludes halogenated alkanes) is 12. The van der Waals surface area contributed by atoms with Gasteiger partial charge in [0.2, 0.25) is 23.6 Å². The van der Waals surface area contributed by atoms with Crippen LogP contribution in [-0.4, -0.2) is 290 Å². The largest absolute Gasteiger partial charge is 0.394 e. The number of hydrogen-bond donors (Lipinski definition) is 16. The molecule has 4 fully saturated rings. The molecule has 4 aliphatic rings. The Bertz CT molecular complexity index is 1960. The van der Waals surface area contributed by atoms with Gasteiger partial charge in [-0.05, 0) is 32.1 Å². The average Bonchev–Trinajstić information content (AvgIpc) is 3.16. The number of imide groups is 1. The van der Waals surface area contributed by atoms with Gasteiger partial charge < -0.3 is 116 Å². The maximum Gasteiger partial charge on any atom is 0.333 e. The summed E-state index contributed by atoms with van der Waals surface area (Å²) in [6.45, 7) is -4.76. The van der Waals surface area contributed by atoms with Gasteiger partial charge in [0.05, 0.1) is 58.8 Å². The van der Waals surface area contributed by atoms with E-state index in [9.17, 15) is 94.8 Å². The van der Waals surface area contributed by atoms with Crippen LogP contribution in [0.15, 0.2) is 0 Å². The van der Waals surface area contributed by atoms with Crippen molar-refractivity contribution < 1.29 is 128 Å². The maximum atomic E-state index is 14.2. The number of ether oxygens (including phenoxy) is 6. The number of hydroxylamine groups is 2. The fraction of sp³-hybridized carbons (Fsp3) is 0.870. The highest BCUT2D eigenvalue weighted by Gasteiger charge is 2.46. The predicted molar refractivity (Wildman–Crippen MR) is 292 cm³/mol. The maximum absolute atomic E-state index is 14.2. The first kappa shape index (κ1) is 74.2. The van der Waals surface area contributed by atoms with Crippen LogP contribution in [0.25, 0.3) is 0 Å². The van der Waals surface area contributed by atoms with Crippen molar-refractivity contribution in [2.45, 2.75) is 220 Å². The number of amides is 6. The lowest BCUT2D eigenvalue weighted by atomic mass is 9.99. The van der Waals surface area contributed by atoms with E-state index in [1.165, 1.54) is 4.90 Å². The highest BCUT2D eigenvalue weighted by molar-refractivity contribution is 6.01. The van der Waals surface area contributed by atoms with Crippen molar-refractivity contribution in [3.8, 4) is 0 Å². The number of aliphatic hydroxyl groups is 12. The second-order valence-corrected chi connectivity index (χ2v) is 21.7. The number of aliphatic hydroxyl groups excluding tert-OH is 12. The van der Waals surface area contributed by atoms with Crippen LogP contribution >= 0.6 is 0 Å². The van der Waals surface area contributed by atoms with E-state index in [1.54, 1.807) is 0 Å². The minimum atomic E-state index is -1.73. The van der Waals surface area contributed by atoms with E-state index in [0.717, 1.165) is 64.2 Å². The van der Waals surface area contributed by atoms with Gasteiger partial charge >= 0.3 is 5.97 Å². The van der Waals surface area contributed by atoms with Gasteiger partial charge in [-0.25, -0.2) is 4.79 Å². The molecule has 4 saturated heterocycles. The van der Waals surface area contributed by atoms with Crippen LogP contribution in [0.3, 0.4) is 0 Å². The highest BCUT2D eigenvalue weighted by Crippen LogP contribution is 2.25. The summed E-state index contributed by atoms with van der Waals surface area (Å²) in [7, 11) is 0. The lowest BCUT2D eigenvalue weighted by Crippen LogP contribution is -2.59. The third-order valence-electron chi connectivity index (χ3n) is 15.0. The van der Waals surface area contributed by atoms with Crippen LogP contribution in [0.4, 0.5) is 0 Å². The minimum Gasteiger partial charge on any atom is -0.394 e. The molecule has 0 aromatic carbocycles. The summed E-state index contributed by atoms with van der Waals surface area (Å²) in [5, 5.41) is 132. The quantitative estimate of drug-likeness (QED) is 0.0200. The molecule has 86 heavy (non-hydrogen) atoms. The molecule has 32 heteroatoms. The Morgan fingerprint density at radius 3 is 1.21 bits per heavy atom. The third kappa shape index (κ3) is 25.0. The normalized spacial score (nSPS) is 29.0. The van der Waals surface area contributed by atoms with Gasteiger partial charge in [-0.1, -0.05) is 64.2 Å². The lowest BCUT2D eigenvalue weighted by molar-refractivity contribution is -0.300. The molecule has 16 atom stereocenters. The summed E-state index contributed by atoms with van der Waals surface area (Å²) in [5.41, 5.74) is 0. The van der Waals surface area contributed by atoms with Crippen LogP contribution in [0.2, 0.25) is 0 Å². The summed E-state index contributed by atoms with van der Waals surface area (Å²) in [6.07, 6.45) is -10.9. The van der Waals surface area contributed by atoms with Gasteiger partial charge in [-0.15, -0.1) is 5.06 Å². The molecule has 0 radical (unpaired) electrons. The van der Waals surface area contributed by atoms with E-state index in [1.807, 2.05) is 0 Å². The molecule has 0 spiro atoms. The van der Waals surface area contributed by atoms with Crippen molar-refractivity contribution in [3.05, 3.63) is 0 Å². The molecule has 4 aliphatic heterocycles. The monoisotopic (exact) mass is 1240 g/mol. The minimum absolute atomic E-state index is 0.0169. The summed E-state index contributed by atoms with van der Waals surface area (Å²) in [6, 6.07) is -1.23. The fourth-order valence-electron chi connectivity index (χ4n) is 9.96. The van der Waals surface area contributed by atoms with E-state index in [2.05, 4.69) is 21.3 Å². The highest BCUT2D eigenvalue weighted by atomic mass is 16.7. The van der Waals surface area contributed by atoms with Crippen LogP contribution in [0.5, 0.6) is 0 Å². The van der Waals surface area contributed by atoms with E-state index in [-0.39, 0.29) is 84.0 Å². The molecule has 32 nitrogen and oxygen atoms in total. The summed E-state index contributed by atoms with van der Waals surface area (Å²) >= 11 is 0. The molecule has 0 bridgehead atoms. The van der Waals surface area contributed by atoms with Crippen molar-refractivity contribution in [2.24, 2.45) is 0 Å². The number of carbonyl (C=O) groups is 7. The second-order valence-electron chi connectivity index (χ2n) is 21.7. The smallest absolute Gasteiger partial charge is 0.333 e. The van der Waals surface area contributed by atoms with Crippen molar-refractivity contribution in [2.75, 3.05) is 78.9 Å². The van der Waals surface area contributed by atoms with Crippen molar-refractivity contribution in [1.29, 1.82) is 0 Å². The number of hydrogen-bond acceptors (Lipinski definition) is 27. The summed E-state index contributed by atoms with van der Waals surface area (Å²) in [5.74, 6) is -3.88. The van der Waals surface area contributed by atoms with Gasteiger partial charge in [0.15, 0.2) is 18.9 Å². The van der Waals surface area contributed by atoms with Crippen molar-refractivity contribution in [1.82, 2.24) is 31.2 Å². The van der Waals surface area contributed by atoms with Gasteiger partial charge in [0.25, 0.3) is 11.8 Å². The second kappa shape index (κ2) is 40.4. The molecule has 0 aromatic rings. The lowest BCUT2D eigenvalue weighted by Gasteiger charge is -2.39. The van der Waals surface area contributed by atoms with E-state index >= 15 is 0 Å². The SMILES string of the molecule is O=C(CCCCCCCCCCCCCCC(=O)ON1C(=O)CCC1=O)NCCCC[C@@H](C(=O)NCCO[C@H]1O[C@H](CO)[C@@H](O)[C@H](O)[C@@H]1O)N(CC(=O)NCCO[C@H]1O[C@H](CO)[C@@H](O)[C@H](O)[C@@H]1O)CC(=O)NCCO[C@H]1O[C@H](CO)[C@@H](O)[C@H](O)[C@@H]1O. The Hall–Kier alpha value is -4.27. The summed E-state index contributed by atoms with van der Waals surface area (Å²) < 4.78 is 32.5. The molecule has 16 N–H and O–H groups in total. The molecule has 0 aromatic heterocycles. The van der Waals surface area contributed by atoms with E-state index in [0.29, 0.717) is 30.7 Å². The molecule has 6 amide bonds. The topological polar surface area (TPSA) is 481 Å². The van der Waals surface area contributed by atoms with Crippen molar-refractivity contribution >= 4 is 41.4 Å². The first-order valence-corrected chi connectivity index (χ1v) is 29.9. The molecule has 0 unspecified atom stereocenters. The molecule has 4 rings (SSSR count).